The lowest BCUT2D eigenvalue weighted by Gasteiger charge is -1.92. The molecule has 14 heavy (non-hydrogen) atoms. The van der Waals surface area contributed by atoms with Crippen molar-refractivity contribution in [2.45, 2.75) is 13.5 Å². The molecule has 2 heterocycles. The molecule has 74 valence electrons. The van der Waals surface area contributed by atoms with E-state index >= 15 is 0 Å². The largest absolute Gasteiger partial charge is 0.345 e. The molecule has 0 amide bonds. The van der Waals surface area contributed by atoms with Crippen LogP contribution in [0, 0.1) is 0 Å². The fourth-order valence-electron chi connectivity index (χ4n) is 1.31. The minimum atomic E-state index is -0.0594. The van der Waals surface area contributed by atoms with E-state index in [2.05, 4.69) is 5.10 Å². The molecule has 0 radical (unpaired) electrons. The average Bonchev–Trinajstić information content (AvgIpc) is 2.78. The van der Waals surface area contributed by atoms with E-state index in [0.717, 1.165) is 10.7 Å². The smallest absolute Gasteiger partial charge is 0.277 e. The molecule has 0 aromatic carbocycles. The van der Waals surface area contributed by atoms with Crippen molar-refractivity contribution in [1.82, 2.24) is 14.3 Å². The van der Waals surface area contributed by atoms with Gasteiger partial charge in [-0.25, -0.2) is 9.48 Å². The molecule has 0 saturated heterocycles. The van der Waals surface area contributed by atoms with Crippen molar-refractivity contribution in [1.29, 1.82) is 0 Å². The third kappa shape index (κ3) is 1.29. The van der Waals surface area contributed by atoms with Crippen LogP contribution in [0.1, 0.15) is 6.92 Å². The van der Waals surface area contributed by atoms with Crippen LogP contribution in [-0.4, -0.2) is 14.3 Å². The summed E-state index contributed by atoms with van der Waals surface area (Å²) in [4.78, 5) is 12.6. The fourth-order valence-corrected chi connectivity index (χ4v) is 2.06. The van der Waals surface area contributed by atoms with Crippen LogP contribution in [-0.2, 0) is 13.6 Å². The highest BCUT2D eigenvalue weighted by Gasteiger charge is 2.10. The van der Waals surface area contributed by atoms with E-state index in [1.165, 1.54) is 4.68 Å². The summed E-state index contributed by atoms with van der Waals surface area (Å²) in [7, 11) is 1.75. The summed E-state index contributed by atoms with van der Waals surface area (Å²) in [6.07, 6.45) is 0. The van der Waals surface area contributed by atoms with E-state index in [-0.39, 0.29) is 5.69 Å². The summed E-state index contributed by atoms with van der Waals surface area (Å²) in [6.45, 7) is 2.52. The first-order chi connectivity index (χ1) is 6.74. The van der Waals surface area contributed by atoms with Crippen LogP contribution in [0.4, 0.5) is 0 Å². The number of aromatic nitrogens is 3. The highest BCUT2D eigenvalue weighted by atomic mass is 32.1. The molecule has 0 bridgehead atoms. The first kappa shape index (κ1) is 9.21. The second kappa shape index (κ2) is 3.42. The van der Waals surface area contributed by atoms with E-state index in [4.69, 9.17) is 0 Å². The van der Waals surface area contributed by atoms with Gasteiger partial charge in [0.1, 0.15) is 0 Å². The van der Waals surface area contributed by atoms with Crippen molar-refractivity contribution < 1.29 is 0 Å². The summed E-state index contributed by atoms with van der Waals surface area (Å²) >= 11 is 1.59. The molecule has 5 heteroatoms. The molecule has 0 aliphatic carbocycles. The van der Waals surface area contributed by atoms with Gasteiger partial charge in [0, 0.05) is 13.6 Å². The van der Waals surface area contributed by atoms with Crippen molar-refractivity contribution in [3.8, 4) is 10.7 Å². The fraction of sp³-hybridized carbons (Fsp3) is 0.333. The van der Waals surface area contributed by atoms with Gasteiger partial charge in [-0.05, 0) is 18.4 Å². The zero-order valence-corrected chi connectivity index (χ0v) is 8.91. The third-order valence-electron chi connectivity index (χ3n) is 2.08. The van der Waals surface area contributed by atoms with Gasteiger partial charge in [-0.1, -0.05) is 6.07 Å². The predicted octanol–water partition coefficient (Wildman–Crippen LogP) is 1.33. The summed E-state index contributed by atoms with van der Waals surface area (Å²) in [6, 6.07) is 3.92. The van der Waals surface area contributed by atoms with Crippen LogP contribution < -0.4 is 5.69 Å². The number of aryl methyl sites for hydroxylation is 1. The van der Waals surface area contributed by atoms with Crippen molar-refractivity contribution in [2.24, 2.45) is 7.05 Å². The van der Waals surface area contributed by atoms with E-state index in [1.54, 1.807) is 23.0 Å². The molecular weight excluding hydrogens is 198 g/mol. The summed E-state index contributed by atoms with van der Waals surface area (Å²) < 4.78 is 3.05. The Hall–Kier alpha value is -1.36. The topological polar surface area (TPSA) is 39.8 Å². The van der Waals surface area contributed by atoms with Gasteiger partial charge >= 0.3 is 5.69 Å². The maximum Gasteiger partial charge on any atom is 0.345 e. The molecule has 0 spiro atoms. The zero-order valence-electron chi connectivity index (χ0n) is 8.10. The number of rotatable bonds is 2. The minimum absolute atomic E-state index is 0.0594. The Kier molecular flexibility index (Phi) is 2.25. The normalized spacial score (nSPS) is 10.7. The summed E-state index contributed by atoms with van der Waals surface area (Å²) in [5.41, 5.74) is -0.0594. The summed E-state index contributed by atoms with van der Waals surface area (Å²) in [5.74, 6) is 0.742. The molecule has 0 N–H and O–H groups in total. The van der Waals surface area contributed by atoms with Gasteiger partial charge in [0.25, 0.3) is 0 Å². The van der Waals surface area contributed by atoms with E-state index in [0.29, 0.717) is 6.54 Å². The minimum Gasteiger partial charge on any atom is -0.277 e. The van der Waals surface area contributed by atoms with Gasteiger partial charge in [-0.3, -0.25) is 4.57 Å². The molecule has 0 atom stereocenters. The average molecular weight is 209 g/mol. The number of thiophene rings is 1. The van der Waals surface area contributed by atoms with Gasteiger partial charge in [0.15, 0.2) is 5.82 Å². The number of nitrogens with zero attached hydrogens (tertiary/aromatic N) is 3. The van der Waals surface area contributed by atoms with Gasteiger partial charge in [-0.15, -0.1) is 16.4 Å². The molecule has 0 aliphatic heterocycles. The van der Waals surface area contributed by atoms with Crippen LogP contribution >= 0.6 is 11.3 Å². The molecule has 2 aromatic heterocycles. The second-order valence-corrected chi connectivity index (χ2v) is 3.91. The second-order valence-electron chi connectivity index (χ2n) is 2.96. The molecule has 2 rings (SSSR count). The van der Waals surface area contributed by atoms with Crippen LogP contribution in [0.2, 0.25) is 0 Å². The molecule has 0 saturated carbocycles. The monoisotopic (exact) mass is 209 g/mol. The highest BCUT2D eigenvalue weighted by Crippen LogP contribution is 2.20. The molecule has 0 unspecified atom stereocenters. The van der Waals surface area contributed by atoms with Crippen LogP contribution in [0.25, 0.3) is 10.7 Å². The van der Waals surface area contributed by atoms with Crippen molar-refractivity contribution >= 4 is 11.3 Å². The molecule has 4 nitrogen and oxygen atoms in total. The highest BCUT2D eigenvalue weighted by molar-refractivity contribution is 7.13. The third-order valence-corrected chi connectivity index (χ3v) is 2.95. The van der Waals surface area contributed by atoms with Crippen LogP contribution in [0.5, 0.6) is 0 Å². The maximum absolute atomic E-state index is 11.6. The molecular formula is C9H11N3OS. The maximum atomic E-state index is 11.6. The van der Waals surface area contributed by atoms with Crippen molar-refractivity contribution in [3.05, 3.63) is 28.0 Å². The Morgan fingerprint density at radius 3 is 2.86 bits per heavy atom. The SMILES string of the molecule is CCn1nc(-c2cccs2)n(C)c1=O. The Balaban J connectivity index is 2.61. The Labute approximate surface area is 85.4 Å². The number of hydrogen-bond acceptors (Lipinski definition) is 3. The Bertz CT molecular complexity index is 481. The van der Waals surface area contributed by atoms with Gasteiger partial charge in [-0.2, -0.15) is 0 Å². The van der Waals surface area contributed by atoms with Crippen molar-refractivity contribution in [3.63, 3.8) is 0 Å². The lowest BCUT2D eigenvalue weighted by atomic mass is 10.4. The molecule has 2 aromatic rings. The van der Waals surface area contributed by atoms with Crippen LogP contribution in [0.15, 0.2) is 22.3 Å². The Morgan fingerprint density at radius 2 is 2.36 bits per heavy atom. The first-order valence-electron chi connectivity index (χ1n) is 4.41. The first-order valence-corrected chi connectivity index (χ1v) is 5.29. The van der Waals surface area contributed by atoms with Gasteiger partial charge in [0.05, 0.1) is 4.88 Å². The number of hydrogen-bond donors (Lipinski definition) is 0. The van der Waals surface area contributed by atoms with Gasteiger partial charge < -0.3 is 0 Å². The van der Waals surface area contributed by atoms with E-state index in [1.807, 2.05) is 24.4 Å². The summed E-state index contributed by atoms with van der Waals surface area (Å²) in [5, 5.41) is 6.22. The van der Waals surface area contributed by atoms with E-state index < -0.39 is 0 Å². The van der Waals surface area contributed by atoms with Crippen LogP contribution in [0.3, 0.4) is 0 Å². The predicted molar refractivity (Wildman–Crippen MR) is 56.5 cm³/mol. The van der Waals surface area contributed by atoms with Crippen molar-refractivity contribution in [2.75, 3.05) is 0 Å². The molecule has 0 aliphatic rings. The molecule has 0 fully saturated rings. The zero-order chi connectivity index (χ0) is 10.1. The van der Waals surface area contributed by atoms with E-state index in [9.17, 15) is 4.79 Å². The standard InChI is InChI=1S/C9H11N3OS/c1-3-12-9(13)11(2)8(10-12)7-5-4-6-14-7/h4-6H,3H2,1-2H3. The Morgan fingerprint density at radius 1 is 1.57 bits per heavy atom. The lowest BCUT2D eigenvalue weighted by Crippen LogP contribution is -2.22. The lowest BCUT2D eigenvalue weighted by molar-refractivity contribution is 0.623. The quantitative estimate of drug-likeness (QED) is 0.748. The van der Waals surface area contributed by atoms with Gasteiger partial charge in [0.2, 0.25) is 0 Å².